The molecular formula is C18H14BrClN2O4. The Kier molecular flexibility index (Phi) is 5.29. The van der Waals surface area contributed by atoms with Gasteiger partial charge in [0.15, 0.2) is 0 Å². The largest absolute Gasteiger partial charge is 0.446 e. The number of ether oxygens (including phenoxy) is 2. The van der Waals surface area contributed by atoms with Crippen LogP contribution in [-0.2, 0) is 14.3 Å². The average molecular weight is 438 g/mol. The molecule has 3 rings (SSSR count). The highest BCUT2D eigenvalue weighted by Crippen LogP contribution is 2.37. The molecule has 1 aliphatic rings. The summed E-state index contributed by atoms with van der Waals surface area (Å²) in [5, 5.41) is 6.06. The van der Waals surface area contributed by atoms with E-state index in [-0.39, 0.29) is 11.8 Å². The summed E-state index contributed by atoms with van der Waals surface area (Å²) in [6.45, 7) is 2.69. The van der Waals surface area contributed by atoms with E-state index < -0.39 is 12.2 Å². The number of esters is 1. The molecule has 1 heterocycles. The van der Waals surface area contributed by atoms with E-state index in [0.29, 0.717) is 21.9 Å². The molecule has 0 spiro atoms. The van der Waals surface area contributed by atoms with E-state index in [1.54, 1.807) is 42.5 Å². The fourth-order valence-corrected chi connectivity index (χ4v) is 2.94. The molecule has 6 nitrogen and oxygen atoms in total. The second-order valence-corrected chi connectivity index (χ2v) is 6.87. The van der Waals surface area contributed by atoms with Gasteiger partial charge in [0.2, 0.25) is 18.0 Å². The van der Waals surface area contributed by atoms with E-state index in [1.807, 2.05) is 0 Å². The molecule has 0 saturated carbocycles. The first kappa shape index (κ1) is 18.4. The summed E-state index contributed by atoms with van der Waals surface area (Å²) in [6, 6.07) is 12.0. The lowest BCUT2D eigenvalue weighted by Gasteiger charge is -2.21. The zero-order valence-electron chi connectivity index (χ0n) is 13.9. The number of nitrogens with zero attached hydrogens (tertiary/aromatic N) is 2. The van der Waals surface area contributed by atoms with E-state index in [0.717, 1.165) is 4.47 Å². The van der Waals surface area contributed by atoms with Crippen LogP contribution in [-0.4, -0.2) is 22.8 Å². The van der Waals surface area contributed by atoms with Crippen molar-refractivity contribution in [1.82, 2.24) is 5.01 Å². The van der Waals surface area contributed by atoms with Gasteiger partial charge in [-0.05, 0) is 42.5 Å². The number of carbonyl (C=O) groups is 2. The van der Waals surface area contributed by atoms with Gasteiger partial charge in [-0.15, -0.1) is 5.10 Å². The number of halogens is 2. The quantitative estimate of drug-likeness (QED) is 0.531. The van der Waals surface area contributed by atoms with Crippen LogP contribution in [0.1, 0.15) is 31.2 Å². The smallest absolute Gasteiger partial charge is 0.308 e. The van der Waals surface area contributed by atoms with Gasteiger partial charge in [-0.3, -0.25) is 9.59 Å². The van der Waals surface area contributed by atoms with Crippen LogP contribution in [0.3, 0.4) is 0 Å². The maximum Gasteiger partial charge on any atom is 0.308 e. The minimum Gasteiger partial charge on any atom is -0.446 e. The van der Waals surface area contributed by atoms with Crippen LogP contribution >= 0.6 is 27.5 Å². The zero-order valence-corrected chi connectivity index (χ0v) is 16.2. The highest BCUT2D eigenvalue weighted by Gasteiger charge is 2.35. The molecular weight excluding hydrogens is 424 g/mol. The molecule has 2 aromatic carbocycles. The molecule has 134 valence electrons. The predicted octanol–water partition coefficient (Wildman–Crippen LogP) is 4.27. The van der Waals surface area contributed by atoms with Gasteiger partial charge in [-0.2, -0.15) is 5.01 Å². The highest BCUT2D eigenvalue weighted by molar-refractivity contribution is 9.10. The Balaban J connectivity index is 2.00. The maximum absolute atomic E-state index is 12.1. The van der Waals surface area contributed by atoms with Crippen LogP contribution in [0.25, 0.3) is 0 Å². The fraction of sp³-hybridized carbons (Fsp3) is 0.167. The van der Waals surface area contributed by atoms with E-state index in [1.165, 1.54) is 18.9 Å². The van der Waals surface area contributed by atoms with Gasteiger partial charge in [0.1, 0.15) is 5.75 Å². The second-order valence-electron chi connectivity index (χ2n) is 5.52. The van der Waals surface area contributed by atoms with Gasteiger partial charge in [-0.1, -0.05) is 27.5 Å². The van der Waals surface area contributed by atoms with Crippen molar-refractivity contribution in [2.24, 2.45) is 5.10 Å². The maximum atomic E-state index is 12.1. The molecule has 0 aliphatic carbocycles. The topological polar surface area (TPSA) is 68.2 Å². The summed E-state index contributed by atoms with van der Waals surface area (Å²) in [7, 11) is 0. The van der Waals surface area contributed by atoms with Crippen LogP contribution in [0, 0.1) is 0 Å². The number of hydrogen-bond acceptors (Lipinski definition) is 5. The molecule has 2 aromatic rings. The highest BCUT2D eigenvalue weighted by atomic mass is 79.9. The molecule has 0 N–H and O–H groups in total. The molecule has 0 bridgehead atoms. The molecule has 8 heteroatoms. The number of rotatable bonds is 3. The van der Waals surface area contributed by atoms with E-state index in [4.69, 9.17) is 21.1 Å². The van der Waals surface area contributed by atoms with Gasteiger partial charge in [0.25, 0.3) is 0 Å². The first-order chi connectivity index (χ1) is 12.3. The fourth-order valence-electron chi connectivity index (χ4n) is 2.44. The number of hydrazone groups is 1. The van der Waals surface area contributed by atoms with Gasteiger partial charge >= 0.3 is 5.97 Å². The molecule has 0 fully saturated rings. The third kappa shape index (κ3) is 3.89. The third-order valence-electron chi connectivity index (χ3n) is 3.55. The second kappa shape index (κ2) is 7.47. The zero-order chi connectivity index (χ0) is 18.8. The normalized spacial score (nSPS) is 16.1. The Morgan fingerprint density at radius 2 is 1.88 bits per heavy atom. The van der Waals surface area contributed by atoms with Crippen molar-refractivity contribution in [2.75, 3.05) is 0 Å². The first-order valence-corrected chi connectivity index (χ1v) is 8.81. The standard InChI is InChI=1S/C18H14BrClN2O4/c1-10(23)22-18(15-9-13(19)5-8-16(15)25-11(2)24)26-17(21-22)12-3-6-14(20)7-4-12/h3-9,18H,1-2H3. The van der Waals surface area contributed by atoms with Crippen LogP contribution in [0.15, 0.2) is 52.0 Å². The molecule has 26 heavy (non-hydrogen) atoms. The molecule has 1 unspecified atom stereocenters. The lowest BCUT2D eigenvalue weighted by molar-refractivity contribution is -0.135. The molecule has 0 saturated heterocycles. The summed E-state index contributed by atoms with van der Waals surface area (Å²) in [5.41, 5.74) is 1.17. The number of hydrogen-bond donors (Lipinski definition) is 0. The monoisotopic (exact) mass is 436 g/mol. The van der Waals surface area contributed by atoms with Crippen molar-refractivity contribution in [3.05, 3.63) is 63.1 Å². The predicted molar refractivity (Wildman–Crippen MR) is 99.8 cm³/mol. The lowest BCUT2D eigenvalue weighted by Crippen LogP contribution is -2.26. The Bertz CT molecular complexity index is 899. The van der Waals surface area contributed by atoms with Gasteiger partial charge in [0, 0.05) is 28.9 Å². The van der Waals surface area contributed by atoms with Crippen LogP contribution in [0.5, 0.6) is 5.75 Å². The summed E-state index contributed by atoms with van der Waals surface area (Å²) < 4.78 is 11.9. The molecule has 0 aromatic heterocycles. The summed E-state index contributed by atoms with van der Waals surface area (Å²) in [6.07, 6.45) is -0.856. The minimum absolute atomic E-state index is 0.274. The average Bonchev–Trinajstić information content (AvgIpc) is 3.02. The van der Waals surface area contributed by atoms with Crippen LogP contribution < -0.4 is 4.74 Å². The number of benzene rings is 2. The summed E-state index contributed by atoms with van der Waals surface area (Å²) in [4.78, 5) is 23.5. The van der Waals surface area contributed by atoms with E-state index in [9.17, 15) is 9.59 Å². The van der Waals surface area contributed by atoms with Crippen molar-refractivity contribution in [3.8, 4) is 5.75 Å². The van der Waals surface area contributed by atoms with E-state index >= 15 is 0 Å². The molecule has 1 atom stereocenters. The Morgan fingerprint density at radius 3 is 2.50 bits per heavy atom. The van der Waals surface area contributed by atoms with Crippen molar-refractivity contribution in [1.29, 1.82) is 0 Å². The molecule has 1 aliphatic heterocycles. The van der Waals surface area contributed by atoms with Crippen molar-refractivity contribution >= 4 is 45.3 Å². The van der Waals surface area contributed by atoms with Crippen LogP contribution in [0.4, 0.5) is 0 Å². The van der Waals surface area contributed by atoms with Crippen molar-refractivity contribution in [3.63, 3.8) is 0 Å². The van der Waals surface area contributed by atoms with Crippen molar-refractivity contribution < 1.29 is 19.1 Å². The SMILES string of the molecule is CC(=O)Oc1ccc(Br)cc1C1OC(c2ccc(Cl)cc2)=NN1C(C)=O. The van der Waals surface area contributed by atoms with Gasteiger partial charge in [-0.25, -0.2) is 0 Å². The number of carbonyl (C=O) groups excluding carboxylic acids is 2. The molecule has 0 radical (unpaired) electrons. The first-order valence-electron chi connectivity index (χ1n) is 7.64. The van der Waals surface area contributed by atoms with Crippen molar-refractivity contribution in [2.45, 2.75) is 20.1 Å². The Morgan fingerprint density at radius 1 is 1.19 bits per heavy atom. The summed E-state index contributed by atoms with van der Waals surface area (Å²) in [5.74, 6) is -0.215. The van der Waals surface area contributed by atoms with Crippen LogP contribution in [0.2, 0.25) is 5.02 Å². The Hall–Kier alpha value is -2.38. The Labute approximate surface area is 163 Å². The minimum atomic E-state index is -0.856. The third-order valence-corrected chi connectivity index (χ3v) is 4.29. The van der Waals surface area contributed by atoms with Gasteiger partial charge < -0.3 is 9.47 Å². The number of amides is 1. The lowest BCUT2D eigenvalue weighted by atomic mass is 10.1. The van der Waals surface area contributed by atoms with Gasteiger partial charge in [0.05, 0.1) is 5.56 Å². The van der Waals surface area contributed by atoms with E-state index in [2.05, 4.69) is 21.0 Å². The summed E-state index contributed by atoms with van der Waals surface area (Å²) >= 11 is 9.29. The molecule has 1 amide bonds.